The van der Waals surface area contributed by atoms with E-state index in [-0.39, 0.29) is 18.5 Å². The number of esters is 1. The molecular formula is C72H139NO10. The summed E-state index contributed by atoms with van der Waals surface area (Å²) >= 11 is 0. The van der Waals surface area contributed by atoms with Crippen LogP contribution in [0.5, 0.6) is 0 Å². The molecule has 0 aromatic rings. The number of rotatable bonds is 65. The molecule has 0 aromatic carbocycles. The van der Waals surface area contributed by atoms with E-state index >= 15 is 0 Å². The number of hydrogen-bond acceptors (Lipinski definition) is 10. The fourth-order valence-electron chi connectivity index (χ4n) is 11.9. The quantitative estimate of drug-likeness (QED) is 0.0195. The molecule has 7 unspecified atom stereocenters. The zero-order valence-electron chi connectivity index (χ0n) is 54.7. The van der Waals surface area contributed by atoms with E-state index in [1.165, 1.54) is 295 Å². The van der Waals surface area contributed by atoms with Crippen LogP contribution in [0.4, 0.5) is 0 Å². The normalized spacial score (nSPS) is 18.1. The molecule has 1 heterocycles. The van der Waals surface area contributed by atoms with Crippen LogP contribution >= 0.6 is 0 Å². The lowest BCUT2D eigenvalue weighted by Crippen LogP contribution is -2.60. The molecule has 0 saturated carbocycles. The van der Waals surface area contributed by atoms with Crippen LogP contribution in [0.2, 0.25) is 0 Å². The van der Waals surface area contributed by atoms with E-state index in [2.05, 4.69) is 19.2 Å². The molecule has 492 valence electrons. The van der Waals surface area contributed by atoms with Crippen LogP contribution in [0.15, 0.2) is 12.2 Å². The SMILES string of the molecule is CCCCCCCCCCCCCC/C=C/C(O)C(COC1OC(CO)C(O)C(O)C1O)NC(=O)CCCCCCCCCCCCCCCCCCCCCCCCCCCCCCCCOC(=O)CCCCCCCCCCCCC. The molecule has 0 spiro atoms. The molecule has 0 bridgehead atoms. The molecule has 0 aliphatic carbocycles. The first-order valence-electron chi connectivity index (χ1n) is 36.5. The van der Waals surface area contributed by atoms with Gasteiger partial charge in [0.25, 0.3) is 0 Å². The Bertz CT molecular complexity index is 1380. The molecule has 1 aliphatic heterocycles. The van der Waals surface area contributed by atoms with Gasteiger partial charge in [0.15, 0.2) is 6.29 Å². The second-order valence-electron chi connectivity index (χ2n) is 25.7. The van der Waals surface area contributed by atoms with Gasteiger partial charge < -0.3 is 45.1 Å². The lowest BCUT2D eigenvalue weighted by molar-refractivity contribution is -0.302. The Morgan fingerprint density at radius 1 is 0.434 bits per heavy atom. The molecule has 0 radical (unpaired) electrons. The molecule has 11 heteroatoms. The lowest BCUT2D eigenvalue weighted by Gasteiger charge is -2.40. The summed E-state index contributed by atoms with van der Waals surface area (Å²) in [4.78, 5) is 25.1. The number of nitrogens with one attached hydrogen (secondary N) is 1. The predicted molar refractivity (Wildman–Crippen MR) is 348 cm³/mol. The third-order valence-electron chi connectivity index (χ3n) is 17.7. The standard InChI is InChI=1S/C72H139NO10/c1-3-5-7-9-11-13-15-16-35-39-42-46-50-54-58-65(75)64(63-82-72-71(80)70(79)69(78)66(62-74)83-72)73-67(76)59-55-51-47-43-40-36-33-31-29-27-25-23-21-19-17-18-20-22-24-26-28-30-32-34-37-41-45-49-53-57-61-81-68(77)60-56-52-48-44-38-14-12-10-8-6-4-2/h54,58,64-66,69-72,74-75,78-80H,3-53,55-57,59-63H2,1-2H3,(H,73,76)/b58-54+. The zero-order valence-corrected chi connectivity index (χ0v) is 54.7. The van der Waals surface area contributed by atoms with Crippen molar-refractivity contribution in [1.29, 1.82) is 0 Å². The first-order chi connectivity index (χ1) is 40.7. The number of carbonyl (C=O) groups is 2. The van der Waals surface area contributed by atoms with Crippen LogP contribution in [-0.2, 0) is 23.8 Å². The Kier molecular flexibility index (Phi) is 59.3. The van der Waals surface area contributed by atoms with Crippen molar-refractivity contribution in [2.24, 2.45) is 0 Å². The maximum absolute atomic E-state index is 13.1. The number of unbranched alkanes of at least 4 members (excludes halogenated alkanes) is 51. The van der Waals surface area contributed by atoms with Crippen LogP contribution in [-0.4, -0.2) is 100 Å². The maximum Gasteiger partial charge on any atom is 0.305 e. The number of hydrogen-bond donors (Lipinski definition) is 6. The maximum atomic E-state index is 13.1. The Labute approximate surface area is 512 Å². The monoisotopic (exact) mass is 1180 g/mol. The minimum absolute atomic E-state index is 0.0124. The molecule has 83 heavy (non-hydrogen) atoms. The Balaban J connectivity index is 1.96. The third-order valence-corrected chi connectivity index (χ3v) is 17.7. The summed E-state index contributed by atoms with van der Waals surface area (Å²) in [5.74, 6) is -0.162. The van der Waals surface area contributed by atoms with E-state index in [9.17, 15) is 35.1 Å². The Morgan fingerprint density at radius 2 is 0.759 bits per heavy atom. The van der Waals surface area contributed by atoms with Gasteiger partial charge in [-0.05, 0) is 32.1 Å². The summed E-state index contributed by atoms with van der Waals surface area (Å²) in [7, 11) is 0. The molecule has 1 amide bonds. The van der Waals surface area contributed by atoms with Gasteiger partial charge in [0.2, 0.25) is 5.91 Å². The Hall–Kier alpha value is -1.60. The van der Waals surface area contributed by atoms with Gasteiger partial charge in [0.05, 0.1) is 32.0 Å². The van der Waals surface area contributed by atoms with Crippen LogP contribution < -0.4 is 5.32 Å². The first-order valence-corrected chi connectivity index (χ1v) is 36.5. The van der Waals surface area contributed by atoms with Gasteiger partial charge >= 0.3 is 5.97 Å². The topological polar surface area (TPSA) is 175 Å². The van der Waals surface area contributed by atoms with Crippen molar-refractivity contribution in [1.82, 2.24) is 5.32 Å². The van der Waals surface area contributed by atoms with E-state index in [1.807, 2.05) is 6.08 Å². The van der Waals surface area contributed by atoms with Crippen molar-refractivity contribution < 1.29 is 49.3 Å². The van der Waals surface area contributed by atoms with E-state index in [0.29, 0.717) is 19.4 Å². The van der Waals surface area contributed by atoms with Gasteiger partial charge in [-0.1, -0.05) is 341 Å². The van der Waals surface area contributed by atoms with Gasteiger partial charge in [-0.15, -0.1) is 0 Å². The van der Waals surface area contributed by atoms with E-state index in [0.717, 1.165) is 51.4 Å². The fraction of sp³-hybridized carbons (Fsp3) is 0.944. The average Bonchev–Trinajstić information content (AvgIpc) is 3.57. The number of aliphatic hydroxyl groups is 5. The van der Waals surface area contributed by atoms with Crippen molar-refractivity contribution in [3.05, 3.63) is 12.2 Å². The highest BCUT2D eigenvalue weighted by Gasteiger charge is 2.44. The molecule has 7 atom stereocenters. The predicted octanol–water partition coefficient (Wildman–Crippen LogP) is 18.6. The van der Waals surface area contributed by atoms with Gasteiger partial charge in [0, 0.05) is 12.8 Å². The highest BCUT2D eigenvalue weighted by atomic mass is 16.7. The summed E-state index contributed by atoms with van der Waals surface area (Å²) in [5, 5.41) is 54.6. The molecule has 1 fully saturated rings. The van der Waals surface area contributed by atoms with Crippen molar-refractivity contribution in [3.8, 4) is 0 Å². The minimum Gasteiger partial charge on any atom is -0.466 e. The first kappa shape index (κ1) is 79.4. The Morgan fingerprint density at radius 3 is 1.12 bits per heavy atom. The number of amides is 1. The van der Waals surface area contributed by atoms with Crippen molar-refractivity contribution in [2.45, 2.75) is 416 Å². The third kappa shape index (κ3) is 51.0. The summed E-state index contributed by atoms with van der Waals surface area (Å²) in [6.07, 6.45) is 66.3. The van der Waals surface area contributed by atoms with E-state index in [4.69, 9.17) is 14.2 Å². The second kappa shape index (κ2) is 62.0. The molecular weight excluding hydrogens is 1040 g/mol. The number of aliphatic hydroxyl groups excluding tert-OH is 5. The largest absolute Gasteiger partial charge is 0.466 e. The van der Waals surface area contributed by atoms with Gasteiger partial charge in [-0.25, -0.2) is 0 Å². The summed E-state index contributed by atoms with van der Waals surface area (Å²) in [6.45, 7) is 4.39. The highest BCUT2D eigenvalue weighted by molar-refractivity contribution is 5.76. The minimum atomic E-state index is -1.57. The van der Waals surface area contributed by atoms with Crippen LogP contribution in [0, 0.1) is 0 Å². The lowest BCUT2D eigenvalue weighted by atomic mass is 9.99. The molecule has 0 aromatic heterocycles. The molecule has 6 N–H and O–H groups in total. The molecule has 1 aliphatic rings. The van der Waals surface area contributed by atoms with Crippen molar-refractivity contribution in [3.63, 3.8) is 0 Å². The van der Waals surface area contributed by atoms with Crippen molar-refractivity contribution >= 4 is 11.9 Å². The summed E-state index contributed by atoms with van der Waals surface area (Å²) in [6, 6.07) is -0.806. The number of ether oxygens (including phenoxy) is 3. The molecule has 1 saturated heterocycles. The number of carbonyl (C=O) groups excluding carboxylic acids is 2. The summed E-state index contributed by atoms with van der Waals surface area (Å²) < 4.78 is 16.8. The second-order valence-corrected chi connectivity index (χ2v) is 25.7. The van der Waals surface area contributed by atoms with Crippen molar-refractivity contribution in [2.75, 3.05) is 19.8 Å². The molecule has 11 nitrogen and oxygen atoms in total. The fourth-order valence-corrected chi connectivity index (χ4v) is 11.9. The van der Waals surface area contributed by atoms with E-state index in [1.54, 1.807) is 6.08 Å². The van der Waals surface area contributed by atoms with Gasteiger partial charge in [-0.2, -0.15) is 0 Å². The smallest absolute Gasteiger partial charge is 0.305 e. The summed E-state index contributed by atoms with van der Waals surface area (Å²) in [5.41, 5.74) is 0. The highest BCUT2D eigenvalue weighted by Crippen LogP contribution is 2.24. The zero-order chi connectivity index (χ0) is 60.2. The average molecular weight is 1180 g/mol. The van der Waals surface area contributed by atoms with Crippen LogP contribution in [0.25, 0.3) is 0 Å². The van der Waals surface area contributed by atoms with E-state index < -0.39 is 49.5 Å². The van der Waals surface area contributed by atoms with Crippen LogP contribution in [0.3, 0.4) is 0 Å². The number of allylic oxidation sites excluding steroid dienone is 1. The van der Waals surface area contributed by atoms with Gasteiger partial charge in [0.1, 0.15) is 24.4 Å². The van der Waals surface area contributed by atoms with Crippen LogP contribution in [0.1, 0.15) is 373 Å². The van der Waals surface area contributed by atoms with Gasteiger partial charge in [-0.3, -0.25) is 9.59 Å². The molecule has 1 rings (SSSR count).